The molecule has 0 aromatic heterocycles. The third-order valence-corrected chi connectivity index (χ3v) is 2.84. The molecule has 0 aliphatic rings. The highest BCUT2D eigenvalue weighted by Crippen LogP contribution is 2.28. The Morgan fingerprint density at radius 1 is 1.23 bits per heavy atom. The maximum Gasteiger partial charge on any atom is 0.342 e. The van der Waals surface area contributed by atoms with Gasteiger partial charge in [-0.2, -0.15) is 5.26 Å². The van der Waals surface area contributed by atoms with Crippen molar-refractivity contribution >= 4 is 11.7 Å². The zero-order valence-corrected chi connectivity index (χ0v) is 11.2. The molecule has 7 nitrogen and oxygen atoms in total. The van der Waals surface area contributed by atoms with Gasteiger partial charge in [0.2, 0.25) is 0 Å². The summed E-state index contributed by atoms with van der Waals surface area (Å²) in [6.07, 6.45) is 0.279. The molecular weight excluding hydrogens is 288 g/mol. The number of carbonyl (C=O) groups is 1. The van der Waals surface area contributed by atoms with E-state index in [2.05, 4.69) is 0 Å². The van der Waals surface area contributed by atoms with Crippen LogP contribution in [-0.4, -0.2) is 16.0 Å². The summed E-state index contributed by atoms with van der Waals surface area (Å²) in [4.78, 5) is 21.1. The Balaban J connectivity index is 2.26. The normalized spacial score (nSPS) is 9.77. The summed E-state index contributed by atoms with van der Waals surface area (Å²) in [6, 6.07) is 12.2. The van der Waals surface area contributed by atoms with E-state index in [1.807, 2.05) is 6.07 Å². The van der Waals surface area contributed by atoms with E-state index in [0.717, 1.165) is 17.7 Å². The van der Waals surface area contributed by atoms with Gasteiger partial charge in [-0.15, -0.1) is 0 Å². The van der Waals surface area contributed by atoms with Crippen LogP contribution in [0.15, 0.2) is 42.5 Å². The van der Waals surface area contributed by atoms with Gasteiger partial charge < -0.3 is 9.84 Å². The molecule has 0 spiro atoms. The molecule has 0 radical (unpaired) electrons. The second-order valence-corrected chi connectivity index (χ2v) is 4.32. The Kier molecular flexibility index (Phi) is 4.34. The van der Waals surface area contributed by atoms with Crippen molar-refractivity contribution in [3.05, 3.63) is 63.7 Å². The van der Waals surface area contributed by atoms with Crippen LogP contribution in [0, 0.1) is 21.4 Å². The van der Waals surface area contributed by atoms with E-state index < -0.39 is 22.1 Å². The number of carboxylic acids is 1. The van der Waals surface area contributed by atoms with E-state index in [-0.39, 0.29) is 12.2 Å². The molecule has 110 valence electrons. The second-order valence-electron chi connectivity index (χ2n) is 4.32. The first kappa shape index (κ1) is 15.0. The number of hydrogen-bond acceptors (Lipinski definition) is 5. The Hall–Kier alpha value is -3.40. The van der Waals surface area contributed by atoms with E-state index in [9.17, 15) is 14.9 Å². The van der Waals surface area contributed by atoms with Gasteiger partial charge in [0.15, 0.2) is 0 Å². The highest BCUT2D eigenvalue weighted by Gasteiger charge is 2.20. The van der Waals surface area contributed by atoms with Crippen molar-refractivity contribution in [2.45, 2.75) is 6.42 Å². The van der Waals surface area contributed by atoms with Crippen molar-refractivity contribution in [2.75, 3.05) is 0 Å². The lowest BCUT2D eigenvalue weighted by Crippen LogP contribution is -2.02. The molecule has 2 aromatic rings. The van der Waals surface area contributed by atoms with Gasteiger partial charge in [-0.1, -0.05) is 12.1 Å². The SMILES string of the molecule is N#CCc1ccc(Oc2ccc([N+](=O)[O-])c(C(=O)O)c2)cc1. The standard InChI is InChI=1S/C15H10N2O5/c16-8-7-10-1-3-11(4-2-10)22-12-5-6-14(17(20)21)13(9-12)15(18)19/h1-6,9H,7H2,(H,18,19). The second kappa shape index (κ2) is 6.37. The Bertz CT molecular complexity index is 762. The number of carboxylic acid groups (broad SMARTS) is 1. The molecule has 0 aliphatic carbocycles. The number of benzene rings is 2. The summed E-state index contributed by atoms with van der Waals surface area (Å²) in [7, 11) is 0. The van der Waals surface area contributed by atoms with Crippen molar-refractivity contribution in [1.29, 1.82) is 5.26 Å². The molecule has 7 heteroatoms. The minimum Gasteiger partial charge on any atom is -0.477 e. The number of nitrogens with zero attached hydrogens (tertiary/aromatic N) is 2. The number of rotatable bonds is 5. The van der Waals surface area contributed by atoms with Crippen LogP contribution in [0.4, 0.5) is 5.69 Å². The van der Waals surface area contributed by atoms with Crippen LogP contribution < -0.4 is 4.74 Å². The molecule has 0 bridgehead atoms. The monoisotopic (exact) mass is 298 g/mol. The van der Waals surface area contributed by atoms with Crippen molar-refractivity contribution in [2.24, 2.45) is 0 Å². The number of nitriles is 1. The molecule has 0 unspecified atom stereocenters. The van der Waals surface area contributed by atoms with Gasteiger partial charge in [0, 0.05) is 12.1 Å². The van der Waals surface area contributed by atoms with E-state index in [0.29, 0.717) is 5.75 Å². The Labute approximate surface area is 125 Å². The van der Waals surface area contributed by atoms with Gasteiger partial charge >= 0.3 is 5.97 Å². The highest BCUT2D eigenvalue weighted by molar-refractivity contribution is 5.92. The van der Waals surface area contributed by atoms with Gasteiger partial charge in [0.25, 0.3) is 5.69 Å². The van der Waals surface area contributed by atoms with E-state index >= 15 is 0 Å². The molecule has 0 amide bonds. The molecule has 0 fully saturated rings. The summed E-state index contributed by atoms with van der Waals surface area (Å²) in [5.74, 6) is -0.788. The largest absolute Gasteiger partial charge is 0.477 e. The molecule has 1 N–H and O–H groups in total. The van der Waals surface area contributed by atoms with Gasteiger partial charge in [0.1, 0.15) is 17.1 Å². The minimum absolute atomic E-state index is 0.177. The predicted molar refractivity (Wildman–Crippen MR) is 75.9 cm³/mol. The lowest BCUT2D eigenvalue weighted by molar-refractivity contribution is -0.385. The van der Waals surface area contributed by atoms with Crippen LogP contribution in [0.5, 0.6) is 11.5 Å². The average molecular weight is 298 g/mol. The van der Waals surface area contributed by atoms with Crippen LogP contribution in [0.25, 0.3) is 0 Å². The summed E-state index contributed by atoms with van der Waals surface area (Å²) in [6.45, 7) is 0. The summed E-state index contributed by atoms with van der Waals surface area (Å²) >= 11 is 0. The van der Waals surface area contributed by atoms with Crippen molar-refractivity contribution in [3.63, 3.8) is 0 Å². The summed E-state index contributed by atoms with van der Waals surface area (Å²) in [5.41, 5.74) is -0.113. The summed E-state index contributed by atoms with van der Waals surface area (Å²) in [5, 5.41) is 28.4. The van der Waals surface area contributed by atoms with Gasteiger partial charge in [-0.3, -0.25) is 10.1 Å². The topological polar surface area (TPSA) is 113 Å². The molecule has 2 rings (SSSR count). The van der Waals surface area contributed by atoms with Gasteiger partial charge in [-0.05, 0) is 23.8 Å². The fourth-order valence-electron chi connectivity index (χ4n) is 1.81. The van der Waals surface area contributed by atoms with E-state index in [4.69, 9.17) is 15.1 Å². The zero-order chi connectivity index (χ0) is 16.1. The van der Waals surface area contributed by atoms with Gasteiger partial charge in [0.05, 0.1) is 17.4 Å². The van der Waals surface area contributed by atoms with Crippen LogP contribution in [-0.2, 0) is 6.42 Å². The first-order valence-corrected chi connectivity index (χ1v) is 6.16. The van der Waals surface area contributed by atoms with Crippen molar-refractivity contribution in [3.8, 4) is 17.6 Å². The number of aromatic carboxylic acids is 1. The third kappa shape index (κ3) is 3.37. The zero-order valence-electron chi connectivity index (χ0n) is 11.2. The Morgan fingerprint density at radius 3 is 2.41 bits per heavy atom. The Morgan fingerprint density at radius 2 is 1.86 bits per heavy atom. The minimum atomic E-state index is -1.40. The number of nitro groups is 1. The highest BCUT2D eigenvalue weighted by atomic mass is 16.6. The maximum absolute atomic E-state index is 11.1. The molecule has 0 saturated carbocycles. The van der Waals surface area contributed by atoms with Gasteiger partial charge in [-0.25, -0.2) is 4.79 Å². The lowest BCUT2D eigenvalue weighted by atomic mass is 10.1. The fourth-order valence-corrected chi connectivity index (χ4v) is 1.81. The number of hydrogen-bond donors (Lipinski definition) is 1. The molecule has 0 aliphatic heterocycles. The molecule has 2 aromatic carbocycles. The summed E-state index contributed by atoms with van der Waals surface area (Å²) < 4.78 is 5.47. The number of nitro benzene ring substituents is 1. The first-order valence-electron chi connectivity index (χ1n) is 6.16. The molecular formula is C15H10N2O5. The fraction of sp³-hybridized carbons (Fsp3) is 0.0667. The van der Waals surface area contributed by atoms with Crippen LogP contribution in [0.2, 0.25) is 0 Å². The quantitative estimate of drug-likeness (QED) is 0.670. The molecule has 0 heterocycles. The van der Waals surface area contributed by atoms with Crippen molar-refractivity contribution < 1.29 is 19.6 Å². The smallest absolute Gasteiger partial charge is 0.342 e. The van der Waals surface area contributed by atoms with Crippen LogP contribution in [0.1, 0.15) is 15.9 Å². The number of ether oxygens (including phenoxy) is 1. The first-order chi connectivity index (χ1) is 10.5. The molecule has 0 saturated heterocycles. The van der Waals surface area contributed by atoms with Crippen LogP contribution in [0.3, 0.4) is 0 Å². The predicted octanol–water partition coefficient (Wildman–Crippen LogP) is 3.15. The maximum atomic E-state index is 11.1. The van der Waals surface area contributed by atoms with Crippen molar-refractivity contribution in [1.82, 2.24) is 0 Å². The van der Waals surface area contributed by atoms with E-state index in [1.165, 1.54) is 6.07 Å². The van der Waals surface area contributed by atoms with E-state index in [1.54, 1.807) is 24.3 Å². The lowest BCUT2D eigenvalue weighted by Gasteiger charge is -2.07. The third-order valence-electron chi connectivity index (χ3n) is 2.84. The van der Waals surface area contributed by atoms with Crippen LogP contribution >= 0.6 is 0 Å². The molecule has 0 atom stereocenters. The average Bonchev–Trinajstić information content (AvgIpc) is 2.49. The molecule has 22 heavy (non-hydrogen) atoms.